The molecule has 130 valence electrons. The van der Waals surface area contributed by atoms with E-state index < -0.39 is 0 Å². The van der Waals surface area contributed by atoms with E-state index in [0.29, 0.717) is 24.5 Å². The van der Waals surface area contributed by atoms with Crippen LogP contribution in [0.15, 0.2) is 60.1 Å². The fourth-order valence-corrected chi connectivity index (χ4v) is 2.49. The van der Waals surface area contributed by atoms with Crippen LogP contribution in [-0.2, 0) is 9.53 Å². The largest absolute Gasteiger partial charge is 0.372 e. The van der Waals surface area contributed by atoms with E-state index in [1.54, 1.807) is 29.2 Å². The van der Waals surface area contributed by atoms with E-state index >= 15 is 0 Å². The summed E-state index contributed by atoms with van der Waals surface area (Å²) < 4.78 is 5.05. The summed E-state index contributed by atoms with van der Waals surface area (Å²) in [5.41, 5.74) is 3.41. The fraction of sp³-hybridized carbons (Fsp3) is 0.222. The number of anilines is 2. The first-order valence-corrected chi connectivity index (χ1v) is 8.05. The summed E-state index contributed by atoms with van der Waals surface area (Å²) in [4.78, 5) is 25.6. The Labute approximate surface area is 146 Å². The molecule has 3 rings (SSSR count). The van der Waals surface area contributed by atoms with E-state index in [9.17, 15) is 9.59 Å². The van der Waals surface area contributed by atoms with Crippen LogP contribution in [0.2, 0.25) is 0 Å². The molecular weight excluding hydrogens is 320 g/mol. The average molecular weight is 340 g/mol. The number of allylic oxidation sites excluding steroid dienone is 1. The number of carbonyl (C=O) groups excluding carboxylic acids is 2. The molecule has 3 amide bonds. The lowest BCUT2D eigenvalue weighted by Crippen LogP contribution is -2.29. The lowest BCUT2D eigenvalue weighted by molar-refractivity contribution is -0.120. The molecule has 2 heterocycles. The monoisotopic (exact) mass is 340 g/mol. The van der Waals surface area contributed by atoms with Gasteiger partial charge in [0.1, 0.15) is 6.61 Å². The lowest BCUT2D eigenvalue weighted by atomic mass is 10.1. The minimum atomic E-state index is -0.208. The molecule has 0 unspecified atom stereocenters. The number of nitrogens with zero attached hydrogens (tertiary/aromatic N) is 1. The molecule has 7 heteroatoms. The first-order valence-electron chi connectivity index (χ1n) is 8.05. The SMILES string of the molecule is CCOCC(=O)Nc1ccc(NC(=O)N2C=C3C=CNC=C3C2)cc1. The average Bonchev–Trinajstić information content (AvgIpc) is 3.06. The molecule has 0 saturated heterocycles. The smallest absolute Gasteiger partial charge is 0.326 e. The van der Waals surface area contributed by atoms with E-state index in [-0.39, 0.29) is 18.5 Å². The van der Waals surface area contributed by atoms with E-state index in [4.69, 9.17) is 4.74 Å². The minimum absolute atomic E-state index is 0.0256. The standard InChI is InChI=1S/C18H20N4O3/c1-2-25-12-17(23)20-15-3-5-16(6-4-15)21-18(24)22-10-13-7-8-19-9-14(13)11-22/h3-10,19H,2,11-12H2,1H3,(H,20,23)(H,21,24). The Morgan fingerprint density at radius 1 is 1.20 bits per heavy atom. The zero-order chi connectivity index (χ0) is 17.6. The van der Waals surface area contributed by atoms with Crippen LogP contribution in [0, 0.1) is 0 Å². The van der Waals surface area contributed by atoms with Gasteiger partial charge in [0.25, 0.3) is 0 Å². The summed E-state index contributed by atoms with van der Waals surface area (Å²) in [5.74, 6) is -0.208. The van der Waals surface area contributed by atoms with Crippen LogP contribution in [0.3, 0.4) is 0 Å². The highest BCUT2D eigenvalue weighted by atomic mass is 16.5. The first-order chi connectivity index (χ1) is 12.2. The molecule has 0 bridgehead atoms. The quantitative estimate of drug-likeness (QED) is 0.769. The van der Waals surface area contributed by atoms with Crippen molar-refractivity contribution in [3.8, 4) is 0 Å². The molecule has 1 aromatic carbocycles. The minimum Gasteiger partial charge on any atom is -0.372 e. The molecule has 0 saturated carbocycles. The third-order valence-electron chi connectivity index (χ3n) is 3.74. The molecule has 3 N–H and O–H groups in total. The van der Waals surface area contributed by atoms with Gasteiger partial charge in [-0.3, -0.25) is 9.69 Å². The van der Waals surface area contributed by atoms with Gasteiger partial charge in [0.15, 0.2) is 0 Å². The third kappa shape index (κ3) is 4.27. The Balaban J connectivity index is 1.55. The van der Waals surface area contributed by atoms with Crippen LogP contribution in [0.5, 0.6) is 0 Å². The van der Waals surface area contributed by atoms with E-state index in [0.717, 1.165) is 11.1 Å². The summed E-state index contributed by atoms with van der Waals surface area (Å²) in [6.45, 7) is 2.88. The number of carbonyl (C=O) groups is 2. The van der Waals surface area contributed by atoms with Crippen LogP contribution in [0.1, 0.15) is 6.92 Å². The molecule has 0 atom stereocenters. The number of benzene rings is 1. The zero-order valence-corrected chi connectivity index (χ0v) is 13.9. The second-order valence-corrected chi connectivity index (χ2v) is 5.57. The van der Waals surface area contributed by atoms with E-state index in [1.807, 2.05) is 31.6 Å². The number of ether oxygens (including phenoxy) is 1. The van der Waals surface area contributed by atoms with Gasteiger partial charge in [-0.15, -0.1) is 0 Å². The molecule has 0 aliphatic carbocycles. The molecule has 2 aliphatic rings. The molecule has 0 spiro atoms. The van der Waals surface area contributed by atoms with Gasteiger partial charge >= 0.3 is 6.03 Å². The van der Waals surface area contributed by atoms with Crippen LogP contribution in [-0.4, -0.2) is 36.6 Å². The van der Waals surface area contributed by atoms with Crippen molar-refractivity contribution >= 4 is 23.3 Å². The number of hydrogen-bond donors (Lipinski definition) is 3. The highest BCUT2D eigenvalue weighted by Gasteiger charge is 2.22. The second-order valence-electron chi connectivity index (χ2n) is 5.57. The summed E-state index contributed by atoms with van der Waals surface area (Å²) in [7, 11) is 0. The summed E-state index contributed by atoms with van der Waals surface area (Å²) in [6.07, 6.45) is 7.47. The van der Waals surface area contributed by atoms with Crippen molar-refractivity contribution in [2.45, 2.75) is 6.92 Å². The Kier molecular flexibility index (Phi) is 5.15. The van der Waals surface area contributed by atoms with Crippen molar-refractivity contribution in [3.63, 3.8) is 0 Å². The maximum atomic E-state index is 12.4. The van der Waals surface area contributed by atoms with E-state index in [2.05, 4.69) is 16.0 Å². The van der Waals surface area contributed by atoms with Gasteiger partial charge < -0.3 is 20.7 Å². The topological polar surface area (TPSA) is 82.7 Å². The molecule has 25 heavy (non-hydrogen) atoms. The van der Waals surface area contributed by atoms with Gasteiger partial charge in [-0.2, -0.15) is 0 Å². The number of nitrogens with one attached hydrogen (secondary N) is 3. The molecule has 2 aliphatic heterocycles. The number of dihydropyridines is 1. The van der Waals surface area contributed by atoms with Crippen LogP contribution >= 0.6 is 0 Å². The van der Waals surface area contributed by atoms with Crippen molar-refractivity contribution in [1.82, 2.24) is 10.2 Å². The van der Waals surface area contributed by atoms with E-state index in [1.165, 1.54) is 0 Å². The van der Waals surface area contributed by atoms with Crippen LogP contribution in [0.4, 0.5) is 16.2 Å². The molecule has 1 aromatic rings. The Bertz CT molecular complexity index is 750. The fourth-order valence-electron chi connectivity index (χ4n) is 2.49. The molecule has 0 radical (unpaired) electrons. The van der Waals surface area contributed by atoms with Crippen molar-refractivity contribution in [3.05, 3.63) is 60.1 Å². The van der Waals surface area contributed by atoms with Gasteiger partial charge in [-0.25, -0.2) is 4.79 Å². The highest BCUT2D eigenvalue weighted by Crippen LogP contribution is 2.24. The first kappa shape index (κ1) is 16.8. The van der Waals surface area contributed by atoms with Gasteiger partial charge in [-0.1, -0.05) is 0 Å². The maximum absolute atomic E-state index is 12.4. The highest BCUT2D eigenvalue weighted by molar-refractivity contribution is 5.93. The zero-order valence-electron chi connectivity index (χ0n) is 13.9. The predicted molar refractivity (Wildman–Crippen MR) is 95.7 cm³/mol. The number of amides is 3. The Morgan fingerprint density at radius 3 is 2.60 bits per heavy atom. The lowest BCUT2D eigenvalue weighted by Gasteiger charge is -2.15. The third-order valence-corrected chi connectivity index (χ3v) is 3.74. The van der Waals surface area contributed by atoms with Gasteiger partial charge in [0.05, 0.1) is 6.54 Å². The molecule has 0 aromatic heterocycles. The van der Waals surface area contributed by atoms with Crippen molar-refractivity contribution in [2.75, 3.05) is 30.4 Å². The molecule has 7 nitrogen and oxygen atoms in total. The van der Waals surface area contributed by atoms with Crippen molar-refractivity contribution in [1.29, 1.82) is 0 Å². The van der Waals surface area contributed by atoms with Crippen molar-refractivity contribution < 1.29 is 14.3 Å². The number of rotatable bonds is 5. The molecule has 0 fully saturated rings. The number of urea groups is 1. The maximum Gasteiger partial charge on any atom is 0.326 e. The van der Waals surface area contributed by atoms with Gasteiger partial charge in [-0.05, 0) is 48.4 Å². The molecular formula is C18H20N4O3. The summed E-state index contributed by atoms with van der Waals surface area (Å²) in [5, 5.41) is 8.58. The Morgan fingerprint density at radius 2 is 1.92 bits per heavy atom. The second kappa shape index (κ2) is 7.67. The normalized spacial score (nSPS) is 15.0. The van der Waals surface area contributed by atoms with Gasteiger partial charge in [0, 0.05) is 36.6 Å². The van der Waals surface area contributed by atoms with Crippen molar-refractivity contribution in [2.24, 2.45) is 0 Å². The summed E-state index contributed by atoms with van der Waals surface area (Å²) in [6, 6.07) is 6.74. The van der Waals surface area contributed by atoms with Gasteiger partial charge in [0.2, 0.25) is 5.91 Å². The van der Waals surface area contributed by atoms with Crippen LogP contribution < -0.4 is 16.0 Å². The number of hydrogen-bond acceptors (Lipinski definition) is 4. The summed E-state index contributed by atoms with van der Waals surface area (Å²) >= 11 is 0. The predicted octanol–water partition coefficient (Wildman–Crippen LogP) is 2.39. The Hall–Kier alpha value is -3.06. The van der Waals surface area contributed by atoms with Crippen LogP contribution in [0.25, 0.3) is 0 Å². The number of fused-ring (bicyclic) bond motifs is 1.